The summed E-state index contributed by atoms with van der Waals surface area (Å²) < 4.78 is -0.351. The number of carbonyl (C=O) groups excluding carboxylic acids is 2. The molecule has 2 N–H and O–H groups in total. The van der Waals surface area contributed by atoms with Crippen LogP contribution in [0.5, 0.6) is 0 Å². The van der Waals surface area contributed by atoms with Gasteiger partial charge in [0.15, 0.2) is 10.9 Å². The Morgan fingerprint density at radius 1 is 1.27 bits per heavy atom. The fraction of sp³-hybridized carbons (Fsp3) is 0.458. The van der Waals surface area contributed by atoms with Crippen molar-refractivity contribution in [3.8, 4) is 0 Å². The average Bonchev–Trinajstić information content (AvgIpc) is 3.07. The van der Waals surface area contributed by atoms with Crippen molar-refractivity contribution < 1.29 is 9.59 Å². The van der Waals surface area contributed by atoms with Crippen LogP contribution in [-0.4, -0.2) is 21.0 Å². The van der Waals surface area contributed by atoms with Crippen LogP contribution in [0.2, 0.25) is 0 Å². The minimum absolute atomic E-state index is 0.0887. The van der Waals surface area contributed by atoms with Gasteiger partial charge < -0.3 is 10.3 Å². The van der Waals surface area contributed by atoms with E-state index in [1.807, 2.05) is 19.1 Å². The second-order valence-corrected chi connectivity index (χ2v) is 11.1. The van der Waals surface area contributed by atoms with Crippen LogP contribution in [0.3, 0.4) is 0 Å². The van der Waals surface area contributed by atoms with Crippen molar-refractivity contribution in [1.29, 1.82) is 0 Å². The van der Waals surface area contributed by atoms with E-state index in [4.69, 9.17) is 0 Å². The predicted molar refractivity (Wildman–Crippen MR) is 125 cm³/mol. The smallest absolute Gasteiger partial charge is 0.291 e. The van der Waals surface area contributed by atoms with E-state index >= 15 is 0 Å². The molecule has 0 saturated heterocycles. The monoisotopic (exact) mass is 425 g/mol. The summed E-state index contributed by atoms with van der Waals surface area (Å²) in [6.45, 7) is 12.1. The van der Waals surface area contributed by atoms with Crippen LogP contribution in [0.1, 0.15) is 81.3 Å². The van der Waals surface area contributed by atoms with Gasteiger partial charge in [-0.25, -0.2) is 4.98 Å². The third-order valence-electron chi connectivity index (χ3n) is 5.60. The molecule has 1 aromatic carbocycles. The van der Waals surface area contributed by atoms with Crippen molar-refractivity contribution in [2.45, 2.75) is 65.6 Å². The second-order valence-electron chi connectivity index (χ2n) is 9.31. The van der Waals surface area contributed by atoms with Crippen LogP contribution in [0, 0.1) is 12.3 Å². The molecular formula is C24H31N3O2S. The maximum absolute atomic E-state index is 12.7. The highest BCUT2D eigenvalue weighted by Crippen LogP contribution is 2.43. The predicted octanol–water partition coefficient (Wildman–Crippen LogP) is 6.08. The van der Waals surface area contributed by atoms with Crippen molar-refractivity contribution in [1.82, 2.24) is 9.97 Å². The van der Waals surface area contributed by atoms with E-state index in [-0.39, 0.29) is 15.8 Å². The molecule has 0 spiro atoms. The third kappa shape index (κ3) is 5.22. The van der Waals surface area contributed by atoms with Gasteiger partial charge in [0.25, 0.3) is 5.91 Å². The van der Waals surface area contributed by atoms with Crippen molar-refractivity contribution in [2.24, 2.45) is 5.41 Å². The summed E-state index contributed by atoms with van der Waals surface area (Å²) in [7, 11) is 0. The molecule has 5 nitrogen and oxygen atoms in total. The van der Waals surface area contributed by atoms with Crippen LogP contribution in [-0.2, 0) is 9.54 Å². The number of nitrogens with one attached hydrogen (secondary N) is 2. The van der Waals surface area contributed by atoms with Crippen molar-refractivity contribution in [2.75, 3.05) is 5.32 Å². The molecule has 0 unspecified atom stereocenters. The van der Waals surface area contributed by atoms with Gasteiger partial charge in [-0.2, -0.15) is 0 Å². The number of nitrogens with zero attached hydrogens (tertiary/aromatic N) is 1. The van der Waals surface area contributed by atoms with Gasteiger partial charge in [0.05, 0.1) is 5.69 Å². The van der Waals surface area contributed by atoms with Gasteiger partial charge in [-0.1, -0.05) is 37.8 Å². The van der Waals surface area contributed by atoms with E-state index in [2.05, 4.69) is 55.1 Å². The molecule has 1 aliphatic carbocycles. The molecule has 6 heteroatoms. The molecule has 1 amide bonds. The zero-order valence-electron chi connectivity index (χ0n) is 18.7. The number of anilines is 1. The van der Waals surface area contributed by atoms with Crippen LogP contribution in [0.25, 0.3) is 5.57 Å². The zero-order valence-corrected chi connectivity index (χ0v) is 19.5. The molecule has 3 rings (SSSR count). The van der Waals surface area contributed by atoms with Gasteiger partial charge in [0.1, 0.15) is 0 Å². The number of allylic oxidation sites excluding steroid dienone is 2. The summed E-state index contributed by atoms with van der Waals surface area (Å²) in [5.41, 5.74) is 5.17. The Balaban J connectivity index is 2.00. The lowest BCUT2D eigenvalue weighted by molar-refractivity contribution is -0.109. The molecule has 30 heavy (non-hydrogen) atoms. The number of amides is 1. The van der Waals surface area contributed by atoms with Crippen LogP contribution < -0.4 is 5.32 Å². The van der Waals surface area contributed by atoms with Crippen molar-refractivity contribution >= 4 is 34.0 Å². The van der Waals surface area contributed by atoms with Gasteiger partial charge in [-0.05, 0) is 68.7 Å². The molecule has 0 atom stereocenters. The number of aromatic nitrogens is 2. The Hall–Kier alpha value is -2.34. The first-order chi connectivity index (χ1) is 14.0. The minimum Gasteiger partial charge on any atom is -0.340 e. The number of carbonyl (C=O) groups is 2. The van der Waals surface area contributed by atoms with E-state index in [1.54, 1.807) is 13.1 Å². The molecule has 0 bridgehead atoms. The summed E-state index contributed by atoms with van der Waals surface area (Å²) in [4.78, 5) is 31.6. The van der Waals surface area contributed by atoms with Crippen LogP contribution in [0.15, 0.2) is 30.5 Å². The average molecular weight is 426 g/mol. The van der Waals surface area contributed by atoms with E-state index in [1.165, 1.54) is 17.3 Å². The SMILES string of the molecule is CC(=O)SC(C)(C)c1ccc(NC(=O)c2nc(C)c[nH]2)c(C2=CCC(C)(C)CC2)c1. The Morgan fingerprint density at radius 2 is 2.00 bits per heavy atom. The van der Waals surface area contributed by atoms with Gasteiger partial charge in [-0.3, -0.25) is 9.59 Å². The first-order valence-electron chi connectivity index (χ1n) is 10.3. The zero-order chi connectivity index (χ0) is 22.1. The van der Waals surface area contributed by atoms with E-state index < -0.39 is 0 Å². The van der Waals surface area contributed by atoms with E-state index in [9.17, 15) is 9.59 Å². The number of rotatable bonds is 5. The molecular weight excluding hydrogens is 394 g/mol. The van der Waals surface area contributed by atoms with Gasteiger partial charge >= 0.3 is 0 Å². The molecule has 160 valence electrons. The normalized spacial score (nSPS) is 16.1. The standard InChI is InChI=1S/C24H31N3O2S/c1-15-14-25-21(26-15)22(29)27-20-8-7-18(24(5,6)30-16(2)28)13-19(20)17-9-11-23(3,4)12-10-17/h7-9,13-14H,10-12H2,1-6H3,(H,25,26)(H,27,29). The fourth-order valence-corrected chi connectivity index (χ4v) is 4.71. The Morgan fingerprint density at radius 3 is 2.57 bits per heavy atom. The molecule has 0 radical (unpaired) electrons. The summed E-state index contributed by atoms with van der Waals surface area (Å²) >= 11 is 1.32. The largest absolute Gasteiger partial charge is 0.340 e. The first kappa shape index (κ1) is 22.3. The first-order valence-corrected chi connectivity index (χ1v) is 11.2. The van der Waals surface area contributed by atoms with Crippen LogP contribution >= 0.6 is 11.8 Å². The molecule has 0 saturated carbocycles. The lowest BCUT2D eigenvalue weighted by Crippen LogP contribution is -2.19. The summed E-state index contributed by atoms with van der Waals surface area (Å²) in [6, 6.07) is 6.07. The quantitative estimate of drug-likeness (QED) is 0.609. The Bertz CT molecular complexity index is 1000. The van der Waals surface area contributed by atoms with E-state index in [0.717, 1.165) is 41.8 Å². The topological polar surface area (TPSA) is 74.8 Å². The number of aromatic amines is 1. The molecule has 0 fully saturated rings. The highest BCUT2D eigenvalue weighted by atomic mass is 32.2. The number of imidazole rings is 1. The summed E-state index contributed by atoms with van der Waals surface area (Å²) in [5, 5.41) is 3.12. The van der Waals surface area contributed by atoms with Crippen molar-refractivity contribution in [3.05, 3.63) is 53.1 Å². The van der Waals surface area contributed by atoms with Gasteiger partial charge in [0.2, 0.25) is 0 Å². The second kappa shape index (κ2) is 8.42. The Kier molecular flexibility index (Phi) is 6.27. The van der Waals surface area contributed by atoms with Gasteiger partial charge in [-0.15, -0.1) is 0 Å². The third-order valence-corrected chi connectivity index (χ3v) is 6.63. The number of hydrogen-bond acceptors (Lipinski definition) is 4. The fourth-order valence-electron chi connectivity index (χ4n) is 3.74. The number of aryl methyl sites for hydroxylation is 1. The molecule has 1 aromatic heterocycles. The molecule has 2 aromatic rings. The molecule has 1 heterocycles. The number of hydrogen-bond donors (Lipinski definition) is 2. The highest BCUT2D eigenvalue weighted by Gasteiger charge is 2.27. The van der Waals surface area contributed by atoms with E-state index in [0.29, 0.717) is 11.2 Å². The summed E-state index contributed by atoms with van der Waals surface area (Å²) in [6.07, 6.45) is 7.06. The summed E-state index contributed by atoms with van der Waals surface area (Å²) in [5.74, 6) is 0.0416. The van der Waals surface area contributed by atoms with Crippen LogP contribution in [0.4, 0.5) is 5.69 Å². The maximum Gasteiger partial charge on any atom is 0.291 e. The van der Waals surface area contributed by atoms with Gasteiger partial charge in [0, 0.05) is 29.1 Å². The highest BCUT2D eigenvalue weighted by molar-refractivity contribution is 8.14. The lowest BCUT2D eigenvalue weighted by Gasteiger charge is -2.30. The molecule has 0 aliphatic heterocycles. The maximum atomic E-state index is 12.7. The lowest BCUT2D eigenvalue weighted by atomic mass is 9.76. The molecule has 1 aliphatic rings. The Labute approximate surface area is 183 Å². The number of thioether (sulfide) groups is 1. The van der Waals surface area contributed by atoms with Crippen molar-refractivity contribution in [3.63, 3.8) is 0 Å². The number of H-pyrrole nitrogens is 1. The number of benzene rings is 1. The minimum atomic E-state index is -0.351.